The number of imidazole rings is 1. The zero-order chi connectivity index (χ0) is 25.8. The van der Waals surface area contributed by atoms with E-state index in [-0.39, 0.29) is 5.97 Å². The molecule has 0 radical (unpaired) electrons. The maximum Gasteiger partial charge on any atom is 0.420 e. The molecule has 0 N–H and O–H groups in total. The molecule has 35 heavy (non-hydrogen) atoms. The van der Waals surface area contributed by atoms with Gasteiger partial charge in [-0.05, 0) is 78.3 Å². The molecule has 0 bridgehead atoms. The fourth-order valence-electron chi connectivity index (χ4n) is 4.59. The van der Waals surface area contributed by atoms with Crippen molar-refractivity contribution in [2.24, 2.45) is 5.41 Å². The first-order valence-corrected chi connectivity index (χ1v) is 12.1. The van der Waals surface area contributed by atoms with Crippen LogP contribution in [0.25, 0.3) is 22.4 Å². The predicted octanol–water partition coefficient (Wildman–Crippen LogP) is 6.31. The molecule has 3 aromatic rings. The van der Waals surface area contributed by atoms with Crippen molar-refractivity contribution in [2.75, 3.05) is 18.6 Å². The molecule has 2 atom stereocenters. The van der Waals surface area contributed by atoms with E-state index in [1.54, 1.807) is 6.07 Å². The van der Waals surface area contributed by atoms with E-state index in [0.717, 1.165) is 5.69 Å². The lowest BCUT2D eigenvalue weighted by Gasteiger charge is -2.31. The van der Waals surface area contributed by atoms with E-state index < -0.39 is 22.6 Å². The molecule has 0 spiro atoms. The van der Waals surface area contributed by atoms with Gasteiger partial charge in [-0.1, -0.05) is 23.7 Å². The first kappa shape index (κ1) is 25.0. The first-order valence-electron chi connectivity index (χ1n) is 11.7. The lowest BCUT2D eigenvalue weighted by Crippen LogP contribution is -2.39. The number of para-hydroxylation sites is 2. The number of rotatable bonds is 5. The van der Waals surface area contributed by atoms with Crippen LogP contribution in [0.3, 0.4) is 0 Å². The molecule has 4 rings (SSSR count). The minimum Gasteiger partial charge on any atom is -0.466 e. The van der Waals surface area contributed by atoms with Crippen molar-refractivity contribution in [1.29, 1.82) is 0 Å². The van der Waals surface area contributed by atoms with Crippen LogP contribution in [0, 0.1) is 5.41 Å². The molecular weight excluding hydrogens is 466 g/mol. The standard InChI is InChI=1S/C27H32ClN3O4/c1-8-34-23(32)26(5)16-27(26,6)30(7)17-13-14-19(28)18(15-17)22-29-20-11-9-10-12-21(20)31(22)24(33)35-25(2,3)4/h9-15H,8,16H2,1-7H3. The van der Waals surface area contributed by atoms with E-state index >= 15 is 0 Å². The number of hydrogen-bond acceptors (Lipinski definition) is 6. The third kappa shape index (κ3) is 4.27. The molecule has 1 saturated carbocycles. The van der Waals surface area contributed by atoms with Crippen LogP contribution < -0.4 is 4.90 Å². The normalized spacial score (nSPS) is 21.6. The quantitative estimate of drug-likeness (QED) is 0.385. The van der Waals surface area contributed by atoms with Gasteiger partial charge in [0.15, 0.2) is 5.82 Å². The molecule has 1 aromatic heterocycles. The van der Waals surface area contributed by atoms with Gasteiger partial charge in [0, 0.05) is 18.3 Å². The second-order valence-electron chi connectivity index (χ2n) is 10.5. The Labute approximate surface area is 211 Å². The van der Waals surface area contributed by atoms with Crippen molar-refractivity contribution in [3.63, 3.8) is 0 Å². The summed E-state index contributed by atoms with van der Waals surface area (Å²) in [5, 5.41) is 0.455. The number of ether oxygens (including phenoxy) is 2. The Morgan fingerprint density at radius 1 is 1.17 bits per heavy atom. The molecule has 1 heterocycles. The monoisotopic (exact) mass is 497 g/mol. The summed E-state index contributed by atoms with van der Waals surface area (Å²) in [6, 6.07) is 13.0. The van der Waals surface area contributed by atoms with Crippen LogP contribution in [0.2, 0.25) is 5.02 Å². The topological polar surface area (TPSA) is 73.7 Å². The van der Waals surface area contributed by atoms with E-state index in [0.29, 0.717) is 40.5 Å². The van der Waals surface area contributed by atoms with Crippen LogP contribution in [0.5, 0.6) is 0 Å². The van der Waals surface area contributed by atoms with Crippen molar-refractivity contribution in [3.05, 3.63) is 47.5 Å². The van der Waals surface area contributed by atoms with Crippen molar-refractivity contribution in [3.8, 4) is 11.4 Å². The Bertz CT molecular complexity index is 1310. The minimum absolute atomic E-state index is 0.199. The number of nitrogens with zero attached hydrogens (tertiary/aromatic N) is 3. The van der Waals surface area contributed by atoms with Gasteiger partial charge >= 0.3 is 12.1 Å². The van der Waals surface area contributed by atoms with Gasteiger partial charge in [0.1, 0.15) is 5.60 Å². The van der Waals surface area contributed by atoms with Gasteiger partial charge < -0.3 is 14.4 Å². The molecule has 2 unspecified atom stereocenters. The zero-order valence-electron chi connectivity index (χ0n) is 21.3. The van der Waals surface area contributed by atoms with Crippen LogP contribution in [0.4, 0.5) is 10.5 Å². The minimum atomic E-state index is -0.677. The van der Waals surface area contributed by atoms with Crippen LogP contribution in [-0.2, 0) is 14.3 Å². The average Bonchev–Trinajstić information content (AvgIpc) is 3.17. The smallest absolute Gasteiger partial charge is 0.420 e. The molecule has 1 aliphatic rings. The highest BCUT2D eigenvalue weighted by molar-refractivity contribution is 6.33. The summed E-state index contributed by atoms with van der Waals surface area (Å²) in [6.07, 6.45) is 0.143. The van der Waals surface area contributed by atoms with Crippen LogP contribution >= 0.6 is 11.6 Å². The van der Waals surface area contributed by atoms with E-state index in [1.165, 1.54) is 4.57 Å². The summed E-state index contributed by atoms with van der Waals surface area (Å²) in [7, 11) is 1.95. The lowest BCUT2D eigenvalue weighted by molar-refractivity contribution is -0.149. The maximum absolute atomic E-state index is 13.2. The summed E-state index contributed by atoms with van der Waals surface area (Å²) < 4.78 is 12.5. The van der Waals surface area contributed by atoms with Gasteiger partial charge in [-0.15, -0.1) is 0 Å². The third-order valence-electron chi connectivity index (χ3n) is 6.94. The third-order valence-corrected chi connectivity index (χ3v) is 7.27. The van der Waals surface area contributed by atoms with E-state index in [2.05, 4.69) is 4.90 Å². The Hall–Kier alpha value is -3.06. The number of halogens is 1. The number of carbonyl (C=O) groups excluding carboxylic acids is 2. The van der Waals surface area contributed by atoms with Crippen LogP contribution in [0.1, 0.15) is 48.0 Å². The largest absolute Gasteiger partial charge is 0.466 e. The van der Waals surface area contributed by atoms with Gasteiger partial charge in [0.25, 0.3) is 0 Å². The molecule has 1 fully saturated rings. The van der Waals surface area contributed by atoms with Gasteiger partial charge in [0.2, 0.25) is 0 Å². The van der Waals surface area contributed by atoms with Gasteiger partial charge in [-0.2, -0.15) is 0 Å². The number of benzene rings is 2. The average molecular weight is 498 g/mol. The summed E-state index contributed by atoms with van der Waals surface area (Å²) in [6.45, 7) is 11.6. The molecule has 7 nitrogen and oxygen atoms in total. The molecule has 0 amide bonds. The van der Waals surface area contributed by atoms with Crippen molar-refractivity contribution in [2.45, 2.75) is 59.1 Å². The van der Waals surface area contributed by atoms with Gasteiger partial charge in [-0.3, -0.25) is 4.79 Å². The SMILES string of the molecule is CCOC(=O)C1(C)CC1(C)N(C)c1ccc(Cl)c(-c2nc3ccccc3n2C(=O)OC(C)(C)C)c1. The number of hydrogen-bond donors (Lipinski definition) is 0. The summed E-state index contributed by atoms with van der Waals surface area (Å²) in [4.78, 5) is 32.7. The van der Waals surface area contributed by atoms with Gasteiger partial charge in [0.05, 0.1) is 33.6 Å². The summed E-state index contributed by atoms with van der Waals surface area (Å²) >= 11 is 6.65. The molecule has 0 saturated heterocycles. The fourth-order valence-corrected chi connectivity index (χ4v) is 4.79. The van der Waals surface area contributed by atoms with E-state index in [1.807, 2.05) is 85.0 Å². The fraction of sp³-hybridized carbons (Fsp3) is 0.444. The summed E-state index contributed by atoms with van der Waals surface area (Å²) in [5.41, 5.74) is 1.03. The van der Waals surface area contributed by atoms with Crippen LogP contribution in [0.15, 0.2) is 42.5 Å². The molecule has 8 heteroatoms. The maximum atomic E-state index is 13.2. The van der Waals surface area contributed by atoms with Crippen molar-refractivity contribution < 1.29 is 19.1 Å². The Balaban J connectivity index is 1.79. The molecule has 2 aromatic carbocycles. The Morgan fingerprint density at radius 3 is 2.51 bits per heavy atom. The zero-order valence-corrected chi connectivity index (χ0v) is 22.1. The highest BCUT2D eigenvalue weighted by Crippen LogP contribution is 2.60. The number of fused-ring (bicyclic) bond motifs is 1. The molecule has 186 valence electrons. The lowest BCUT2D eigenvalue weighted by atomic mass is 10.0. The number of anilines is 1. The van der Waals surface area contributed by atoms with Crippen LogP contribution in [-0.4, -0.2) is 46.4 Å². The van der Waals surface area contributed by atoms with E-state index in [9.17, 15) is 9.59 Å². The number of aromatic nitrogens is 2. The first-order chi connectivity index (χ1) is 16.3. The number of esters is 1. The van der Waals surface area contributed by atoms with Crippen molar-refractivity contribution >= 4 is 40.4 Å². The highest BCUT2D eigenvalue weighted by atomic mass is 35.5. The van der Waals surface area contributed by atoms with E-state index in [4.69, 9.17) is 26.1 Å². The second-order valence-corrected chi connectivity index (χ2v) is 10.9. The molecule has 0 aliphatic heterocycles. The van der Waals surface area contributed by atoms with Gasteiger partial charge in [-0.25, -0.2) is 14.3 Å². The summed E-state index contributed by atoms with van der Waals surface area (Å²) in [5.74, 6) is 0.199. The molecule has 1 aliphatic carbocycles. The highest BCUT2D eigenvalue weighted by Gasteiger charge is 2.69. The Kier molecular flexibility index (Phi) is 6.12. The van der Waals surface area contributed by atoms with Crippen molar-refractivity contribution in [1.82, 2.24) is 9.55 Å². The Morgan fingerprint density at radius 2 is 1.86 bits per heavy atom. The number of carbonyl (C=O) groups is 2. The predicted molar refractivity (Wildman–Crippen MR) is 138 cm³/mol. The second kappa shape index (κ2) is 8.55. The molecular formula is C27H32ClN3O4.